The smallest absolute Gasteiger partial charge is 0.244 e. The van der Waals surface area contributed by atoms with Crippen molar-refractivity contribution in [1.29, 1.82) is 0 Å². The lowest BCUT2D eigenvalue weighted by Gasteiger charge is -2.33. The summed E-state index contributed by atoms with van der Waals surface area (Å²) in [7, 11) is -3.89. The van der Waals surface area contributed by atoms with E-state index < -0.39 is 28.5 Å². The monoisotopic (exact) mass is 521 g/mol. The van der Waals surface area contributed by atoms with E-state index in [-0.39, 0.29) is 30.0 Å². The number of amides is 2. The van der Waals surface area contributed by atoms with Crippen LogP contribution >= 0.6 is 11.6 Å². The van der Waals surface area contributed by atoms with E-state index in [0.29, 0.717) is 22.6 Å². The fraction of sp³-hybridized carbons (Fsp3) is 0.400. The average molecular weight is 522 g/mol. The second-order valence-corrected chi connectivity index (χ2v) is 10.9. The first-order valence-electron chi connectivity index (χ1n) is 11.3. The lowest BCUT2D eigenvalue weighted by Crippen LogP contribution is -2.53. The van der Waals surface area contributed by atoms with Gasteiger partial charge in [-0.15, -0.1) is 0 Å². The van der Waals surface area contributed by atoms with E-state index in [1.54, 1.807) is 43.3 Å². The third-order valence-electron chi connectivity index (χ3n) is 5.34. The molecule has 10 heteroatoms. The van der Waals surface area contributed by atoms with Gasteiger partial charge in [0.1, 0.15) is 12.6 Å². The normalized spacial score (nSPS) is 12.2. The second kappa shape index (κ2) is 12.2. The van der Waals surface area contributed by atoms with Crippen molar-refractivity contribution in [2.24, 2.45) is 0 Å². The van der Waals surface area contributed by atoms with Crippen molar-refractivity contribution in [2.45, 2.75) is 52.7 Å². The van der Waals surface area contributed by atoms with Gasteiger partial charge in [-0.2, -0.15) is 0 Å². The molecule has 0 fully saturated rings. The van der Waals surface area contributed by atoms with Crippen molar-refractivity contribution >= 4 is 44.9 Å². The fourth-order valence-electron chi connectivity index (χ4n) is 3.60. The number of ketones is 1. The Hall–Kier alpha value is -2.91. The Morgan fingerprint density at radius 1 is 1.06 bits per heavy atom. The van der Waals surface area contributed by atoms with Crippen LogP contribution in [0.5, 0.6) is 0 Å². The van der Waals surface area contributed by atoms with E-state index in [2.05, 4.69) is 5.32 Å². The molecule has 8 nitrogen and oxygen atoms in total. The van der Waals surface area contributed by atoms with Crippen LogP contribution in [-0.4, -0.2) is 55.8 Å². The van der Waals surface area contributed by atoms with Gasteiger partial charge in [0.05, 0.1) is 11.9 Å². The molecule has 0 saturated heterocycles. The zero-order chi connectivity index (χ0) is 26.3. The van der Waals surface area contributed by atoms with Gasteiger partial charge in [-0.05, 0) is 51.0 Å². The lowest BCUT2D eigenvalue weighted by molar-refractivity contribution is -0.140. The van der Waals surface area contributed by atoms with Crippen LogP contribution in [0.25, 0.3) is 0 Å². The van der Waals surface area contributed by atoms with Crippen molar-refractivity contribution in [3.05, 3.63) is 64.7 Å². The molecule has 0 spiro atoms. The topological polar surface area (TPSA) is 104 Å². The molecule has 0 heterocycles. The second-order valence-electron chi connectivity index (χ2n) is 8.58. The standard InChI is InChI=1S/C25H32ClN3O5S/c1-6-23(25(32)27-17(2)3)28(15-20-10-7-8-13-22(20)26)24(31)16-29(35(5,33)34)21-12-9-11-19(14-21)18(4)30/h7-14,17,23H,6,15-16H2,1-5H3,(H,27,32)/t23-/m0/s1. The predicted molar refractivity (Wildman–Crippen MR) is 138 cm³/mol. The number of hydrogen-bond acceptors (Lipinski definition) is 5. The number of anilines is 1. The molecule has 1 N–H and O–H groups in total. The molecule has 2 rings (SSSR count). The number of rotatable bonds is 11. The third kappa shape index (κ3) is 7.80. The molecule has 0 unspecified atom stereocenters. The first-order chi connectivity index (χ1) is 16.3. The van der Waals surface area contributed by atoms with Crippen molar-refractivity contribution in [3.8, 4) is 0 Å². The van der Waals surface area contributed by atoms with Crippen LogP contribution in [0.15, 0.2) is 48.5 Å². The molecule has 0 radical (unpaired) electrons. The van der Waals surface area contributed by atoms with Crippen LogP contribution in [0.3, 0.4) is 0 Å². The van der Waals surface area contributed by atoms with E-state index in [0.717, 1.165) is 10.6 Å². The molecule has 0 saturated carbocycles. The Morgan fingerprint density at radius 2 is 1.71 bits per heavy atom. The zero-order valence-corrected chi connectivity index (χ0v) is 22.2. The highest BCUT2D eigenvalue weighted by Gasteiger charge is 2.32. The number of nitrogens with zero attached hydrogens (tertiary/aromatic N) is 2. The molecule has 2 amide bonds. The van der Waals surface area contributed by atoms with Gasteiger partial charge in [-0.3, -0.25) is 18.7 Å². The first-order valence-corrected chi connectivity index (χ1v) is 13.5. The van der Waals surface area contributed by atoms with Gasteiger partial charge in [0, 0.05) is 23.2 Å². The van der Waals surface area contributed by atoms with E-state index in [4.69, 9.17) is 11.6 Å². The molecule has 1 atom stereocenters. The Labute approximate surface area is 212 Å². The average Bonchev–Trinajstić information content (AvgIpc) is 2.77. The minimum Gasteiger partial charge on any atom is -0.352 e. The van der Waals surface area contributed by atoms with E-state index in [1.807, 2.05) is 13.8 Å². The SMILES string of the molecule is CC[C@@H](C(=O)NC(C)C)N(Cc1ccccc1Cl)C(=O)CN(c1cccc(C(C)=O)c1)S(C)(=O)=O. The third-order valence-corrected chi connectivity index (χ3v) is 6.84. The minimum atomic E-state index is -3.89. The highest BCUT2D eigenvalue weighted by molar-refractivity contribution is 7.92. The largest absolute Gasteiger partial charge is 0.352 e. The summed E-state index contributed by atoms with van der Waals surface area (Å²) in [5, 5.41) is 3.26. The molecule has 35 heavy (non-hydrogen) atoms. The van der Waals surface area contributed by atoms with E-state index >= 15 is 0 Å². The molecular formula is C25H32ClN3O5S. The Balaban J connectivity index is 2.49. The number of carbonyl (C=O) groups excluding carboxylic acids is 3. The van der Waals surface area contributed by atoms with Gasteiger partial charge in [0.2, 0.25) is 21.8 Å². The highest BCUT2D eigenvalue weighted by Crippen LogP contribution is 2.23. The van der Waals surface area contributed by atoms with Crippen molar-refractivity contribution in [2.75, 3.05) is 17.1 Å². The van der Waals surface area contributed by atoms with Crippen molar-refractivity contribution < 1.29 is 22.8 Å². The quantitative estimate of drug-likeness (QED) is 0.455. The van der Waals surface area contributed by atoms with Crippen LogP contribution in [0.1, 0.15) is 50.0 Å². The van der Waals surface area contributed by atoms with Gasteiger partial charge in [-0.25, -0.2) is 8.42 Å². The Bertz CT molecular complexity index is 1180. The fourth-order valence-corrected chi connectivity index (χ4v) is 4.64. The molecule has 0 aliphatic carbocycles. The van der Waals surface area contributed by atoms with Crippen LogP contribution < -0.4 is 9.62 Å². The van der Waals surface area contributed by atoms with Crippen LogP contribution in [0, 0.1) is 0 Å². The maximum Gasteiger partial charge on any atom is 0.244 e. The molecule has 2 aromatic carbocycles. The number of nitrogens with one attached hydrogen (secondary N) is 1. The number of sulfonamides is 1. The maximum absolute atomic E-state index is 13.6. The summed E-state index contributed by atoms with van der Waals surface area (Å²) in [4.78, 5) is 39.8. The van der Waals surface area contributed by atoms with Crippen LogP contribution in [0.2, 0.25) is 5.02 Å². The summed E-state index contributed by atoms with van der Waals surface area (Å²) in [5.41, 5.74) is 1.13. The molecule has 0 aliphatic rings. The maximum atomic E-state index is 13.6. The number of benzene rings is 2. The number of halogens is 1. The highest BCUT2D eigenvalue weighted by atomic mass is 35.5. The molecule has 0 bridgehead atoms. The first kappa shape index (κ1) is 28.3. The molecule has 2 aromatic rings. The summed E-state index contributed by atoms with van der Waals surface area (Å²) >= 11 is 6.33. The van der Waals surface area contributed by atoms with Gasteiger partial charge < -0.3 is 10.2 Å². The summed E-state index contributed by atoms with van der Waals surface area (Å²) in [6.07, 6.45) is 1.30. The van der Waals surface area contributed by atoms with Gasteiger partial charge in [0.15, 0.2) is 5.78 Å². The molecular weight excluding hydrogens is 490 g/mol. The molecule has 0 aromatic heterocycles. The summed E-state index contributed by atoms with van der Waals surface area (Å²) in [6, 6.07) is 12.1. The van der Waals surface area contributed by atoms with Crippen LogP contribution in [0.4, 0.5) is 5.69 Å². The van der Waals surface area contributed by atoms with Crippen molar-refractivity contribution in [1.82, 2.24) is 10.2 Å². The lowest BCUT2D eigenvalue weighted by atomic mass is 10.1. The van der Waals surface area contributed by atoms with Crippen molar-refractivity contribution in [3.63, 3.8) is 0 Å². The summed E-state index contributed by atoms with van der Waals surface area (Å²) < 4.78 is 26.3. The number of hydrogen-bond donors (Lipinski definition) is 1. The predicted octanol–water partition coefficient (Wildman–Crippen LogP) is 3.64. The van der Waals surface area contributed by atoms with Gasteiger partial charge in [0.25, 0.3) is 0 Å². The minimum absolute atomic E-state index is 0.0214. The number of carbonyl (C=O) groups is 3. The number of Topliss-reactive ketones (excluding diaryl/α,β-unsaturated/α-hetero) is 1. The molecule has 0 aliphatic heterocycles. The molecule has 190 valence electrons. The zero-order valence-electron chi connectivity index (χ0n) is 20.6. The Morgan fingerprint density at radius 3 is 2.26 bits per heavy atom. The summed E-state index contributed by atoms with van der Waals surface area (Å²) in [5.74, 6) is -1.15. The summed E-state index contributed by atoms with van der Waals surface area (Å²) in [6.45, 7) is 6.27. The van der Waals surface area contributed by atoms with Gasteiger partial charge >= 0.3 is 0 Å². The van der Waals surface area contributed by atoms with Gasteiger partial charge in [-0.1, -0.05) is 48.9 Å². The van der Waals surface area contributed by atoms with Crippen LogP contribution in [-0.2, 0) is 26.2 Å². The Kier molecular flexibility index (Phi) is 9.85. The van der Waals surface area contributed by atoms with E-state index in [1.165, 1.54) is 24.0 Å². The van der Waals surface area contributed by atoms with E-state index in [9.17, 15) is 22.8 Å².